The highest BCUT2D eigenvalue weighted by atomic mass is 35.5. The number of likely N-dealkylation sites (tertiary alicyclic amines) is 1. The predicted molar refractivity (Wildman–Crippen MR) is 137 cm³/mol. The van der Waals surface area contributed by atoms with Crippen LogP contribution >= 0.6 is 24.8 Å². The quantitative estimate of drug-likeness (QED) is 0.414. The average molecular weight is 545 g/mol. The zero-order valence-electron chi connectivity index (χ0n) is 20.0. The number of halogens is 2. The molecule has 2 aromatic rings. The first-order valence-electron chi connectivity index (χ1n) is 11.3. The third kappa shape index (κ3) is 6.44. The number of anilines is 1. The fourth-order valence-corrected chi connectivity index (χ4v) is 4.18. The van der Waals surface area contributed by atoms with Gasteiger partial charge in [-0.25, -0.2) is 4.79 Å². The molecule has 12 nitrogen and oxygen atoms in total. The molecule has 4 rings (SSSR count). The van der Waals surface area contributed by atoms with Crippen LogP contribution in [-0.2, 0) is 17.7 Å². The molecule has 1 saturated heterocycles. The number of carbonyl (C=O) groups excluding carboxylic acids is 2. The molecule has 0 unspecified atom stereocenters. The number of nitro benzene ring substituents is 1. The second-order valence-corrected chi connectivity index (χ2v) is 8.32. The number of piperidine rings is 1. The maximum Gasteiger partial charge on any atom is 0.434 e. The Hall–Kier alpha value is -2.93. The molecule has 1 aromatic carbocycles. The first-order chi connectivity index (χ1) is 16.4. The third-order valence-corrected chi connectivity index (χ3v) is 5.98. The maximum absolute atomic E-state index is 13.0. The first-order valence-corrected chi connectivity index (χ1v) is 11.3. The van der Waals surface area contributed by atoms with Crippen molar-refractivity contribution in [3.8, 4) is 5.75 Å². The van der Waals surface area contributed by atoms with Gasteiger partial charge in [0.25, 0.3) is 11.6 Å². The van der Waals surface area contributed by atoms with Gasteiger partial charge in [0.2, 0.25) is 0 Å². The lowest BCUT2D eigenvalue weighted by atomic mass is 10.1. The lowest BCUT2D eigenvalue weighted by Crippen LogP contribution is -2.35. The number of aromatic nitrogens is 2. The van der Waals surface area contributed by atoms with Crippen LogP contribution in [0.15, 0.2) is 18.2 Å². The van der Waals surface area contributed by atoms with E-state index in [1.165, 1.54) is 12.1 Å². The van der Waals surface area contributed by atoms with Gasteiger partial charge in [-0.05, 0) is 38.9 Å². The van der Waals surface area contributed by atoms with Crippen LogP contribution in [0.2, 0.25) is 0 Å². The molecule has 0 spiro atoms. The summed E-state index contributed by atoms with van der Waals surface area (Å²) in [6.07, 6.45) is 1.52. The first kappa shape index (κ1) is 29.3. The Morgan fingerprint density at radius 2 is 2.00 bits per heavy atom. The molecule has 0 saturated carbocycles. The number of fused-ring (bicyclic) bond motifs is 1. The number of hydrogen-bond donors (Lipinski definition) is 2. The van der Waals surface area contributed by atoms with Gasteiger partial charge < -0.3 is 25.0 Å². The van der Waals surface area contributed by atoms with Gasteiger partial charge in [-0.15, -0.1) is 29.9 Å². The van der Waals surface area contributed by atoms with Crippen LogP contribution in [0.3, 0.4) is 0 Å². The zero-order valence-corrected chi connectivity index (χ0v) is 21.7. The Balaban J connectivity index is 0.00000228. The highest BCUT2D eigenvalue weighted by molar-refractivity contribution is 6.07. The fourth-order valence-electron chi connectivity index (χ4n) is 4.18. The molecular formula is C22H30Cl2N6O6. The summed E-state index contributed by atoms with van der Waals surface area (Å²) in [4.78, 5) is 38.6. The molecule has 1 aromatic heterocycles. The van der Waals surface area contributed by atoms with Gasteiger partial charge in [0.05, 0.1) is 23.3 Å². The molecule has 0 radical (unpaired) electrons. The molecule has 2 N–H and O–H groups in total. The van der Waals surface area contributed by atoms with E-state index in [0.29, 0.717) is 36.5 Å². The Morgan fingerprint density at radius 3 is 2.67 bits per heavy atom. The monoisotopic (exact) mass is 544 g/mol. The molecule has 3 heterocycles. The van der Waals surface area contributed by atoms with E-state index in [1.54, 1.807) is 13.0 Å². The van der Waals surface area contributed by atoms with Crippen LogP contribution in [0.1, 0.15) is 41.4 Å². The molecular weight excluding hydrogens is 515 g/mol. The normalized spacial score (nSPS) is 15.6. The predicted octanol–water partition coefficient (Wildman–Crippen LogP) is 3.01. The average Bonchev–Trinajstić information content (AvgIpc) is 3.19. The largest absolute Gasteiger partial charge is 0.490 e. The van der Waals surface area contributed by atoms with Crippen LogP contribution in [0.5, 0.6) is 5.75 Å². The van der Waals surface area contributed by atoms with E-state index in [-0.39, 0.29) is 54.6 Å². The molecule has 0 aliphatic carbocycles. The Labute approximate surface area is 220 Å². The van der Waals surface area contributed by atoms with E-state index >= 15 is 0 Å². The summed E-state index contributed by atoms with van der Waals surface area (Å²) >= 11 is 0. The highest BCUT2D eigenvalue weighted by Crippen LogP contribution is 2.29. The van der Waals surface area contributed by atoms with Crippen LogP contribution in [0, 0.1) is 10.1 Å². The van der Waals surface area contributed by atoms with E-state index in [4.69, 9.17) is 9.47 Å². The number of benzene rings is 1. The Bertz CT molecular complexity index is 1100. The smallest absolute Gasteiger partial charge is 0.434 e. The van der Waals surface area contributed by atoms with Gasteiger partial charge in [-0.3, -0.25) is 14.9 Å². The highest BCUT2D eigenvalue weighted by Gasteiger charge is 2.28. The molecule has 1 fully saturated rings. The van der Waals surface area contributed by atoms with Gasteiger partial charge >= 0.3 is 6.09 Å². The molecule has 2 aliphatic rings. The van der Waals surface area contributed by atoms with E-state index in [9.17, 15) is 19.7 Å². The number of carbonyl (C=O) groups is 2. The van der Waals surface area contributed by atoms with Crippen molar-refractivity contribution in [2.24, 2.45) is 0 Å². The van der Waals surface area contributed by atoms with Gasteiger partial charge in [-0.2, -0.15) is 4.68 Å². The van der Waals surface area contributed by atoms with Crippen molar-refractivity contribution >= 4 is 48.3 Å². The molecule has 198 valence electrons. The van der Waals surface area contributed by atoms with Crippen LogP contribution < -0.4 is 15.4 Å². The third-order valence-electron chi connectivity index (χ3n) is 5.98. The summed E-state index contributed by atoms with van der Waals surface area (Å²) in [5.74, 6) is -0.174. The maximum atomic E-state index is 13.0. The minimum atomic E-state index is -0.695. The molecule has 14 heteroatoms. The number of nitro groups is 1. The summed E-state index contributed by atoms with van der Waals surface area (Å²) < 4.78 is 12.1. The van der Waals surface area contributed by atoms with E-state index < -0.39 is 16.9 Å². The zero-order chi connectivity index (χ0) is 24.2. The van der Waals surface area contributed by atoms with Crippen molar-refractivity contribution in [3.63, 3.8) is 0 Å². The van der Waals surface area contributed by atoms with Crippen molar-refractivity contribution in [2.45, 2.75) is 38.8 Å². The summed E-state index contributed by atoms with van der Waals surface area (Å²) in [5.41, 5.74) is 0.810. The van der Waals surface area contributed by atoms with Gasteiger partial charge in [0, 0.05) is 38.2 Å². The van der Waals surface area contributed by atoms with E-state index in [1.807, 2.05) is 7.05 Å². The summed E-state index contributed by atoms with van der Waals surface area (Å²) in [5, 5.41) is 21.8. The van der Waals surface area contributed by atoms with Gasteiger partial charge in [-0.1, -0.05) is 0 Å². The van der Waals surface area contributed by atoms with E-state index in [2.05, 4.69) is 20.6 Å². The van der Waals surface area contributed by atoms with Crippen molar-refractivity contribution in [1.29, 1.82) is 0 Å². The molecule has 36 heavy (non-hydrogen) atoms. The van der Waals surface area contributed by atoms with Crippen molar-refractivity contribution < 1.29 is 24.0 Å². The number of nitrogens with one attached hydrogen (secondary N) is 2. The van der Waals surface area contributed by atoms with Gasteiger partial charge in [0.15, 0.2) is 5.82 Å². The lowest BCUT2D eigenvalue weighted by molar-refractivity contribution is -0.385. The topological polar surface area (TPSA) is 141 Å². The fraction of sp³-hybridized carbons (Fsp3) is 0.500. The minimum absolute atomic E-state index is 0. The van der Waals surface area contributed by atoms with Crippen molar-refractivity contribution in [3.05, 3.63) is 45.1 Å². The summed E-state index contributed by atoms with van der Waals surface area (Å²) in [7, 11) is 2.04. The van der Waals surface area contributed by atoms with Crippen molar-refractivity contribution in [2.75, 3.05) is 38.6 Å². The second-order valence-electron chi connectivity index (χ2n) is 8.32. The second kappa shape index (κ2) is 12.9. The summed E-state index contributed by atoms with van der Waals surface area (Å²) in [6, 6.07) is 4.22. The standard InChI is InChI=1S/C22H28N6O6.2ClH/c1-3-33-22(30)27-18-6-9-23-13-17(18)20(25-27)24-21(29)16-5-4-15(12-19(16)28(31)32)34-14-7-10-26(2)11-8-14;;/h4-5,12,14,23H,3,6-11,13H2,1-2H3,(H,24,25,29);2*1H. The number of hydrogen-bond acceptors (Lipinski definition) is 9. The van der Waals surface area contributed by atoms with Gasteiger partial charge in [0.1, 0.15) is 17.4 Å². The molecule has 0 bridgehead atoms. The molecule has 1 amide bonds. The Kier molecular flexibility index (Phi) is 10.5. The van der Waals surface area contributed by atoms with Crippen LogP contribution in [-0.4, -0.2) is 71.0 Å². The number of ether oxygens (including phenoxy) is 2. The number of amides is 1. The summed E-state index contributed by atoms with van der Waals surface area (Å²) in [6.45, 7) is 4.71. The molecule has 0 atom stereocenters. The van der Waals surface area contributed by atoms with Crippen molar-refractivity contribution in [1.82, 2.24) is 20.0 Å². The molecule has 2 aliphatic heterocycles. The number of nitrogens with zero attached hydrogens (tertiary/aromatic N) is 4. The van der Waals surface area contributed by atoms with Crippen LogP contribution in [0.4, 0.5) is 16.3 Å². The van der Waals surface area contributed by atoms with E-state index in [0.717, 1.165) is 30.6 Å². The minimum Gasteiger partial charge on any atom is -0.490 e. The number of rotatable bonds is 6. The lowest BCUT2D eigenvalue weighted by Gasteiger charge is -2.29. The Morgan fingerprint density at radius 1 is 1.28 bits per heavy atom. The SMILES string of the molecule is CCOC(=O)n1nc(NC(=O)c2ccc(OC3CCN(C)CC3)cc2[N+](=O)[O-])c2c1CCNC2.Cl.Cl. The van der Waals surface area contributed by atoms with Crippen LogP contribution in [0.25, 0.3) is 0 Å².